The molecule has 0 bridgehead atoms. The van der Waals surface area contributed by atoms with Crippen molar-refractivity contribution in [1.82, 2.24) is 4.98 Å². The van der Waals surface area contributed by atoms with Crippen molar-refractivity contribution in [2.75, 3.05) is 11.6 Å². The van der Waals surface area contributed by atoms with Gasteiger partial charge in [0.05, 0.1) is 15.5 Å². The van der Waals surface area contributed by atoms with Crippen LogP contribution in [0.15, 0.2) is 82.2 Å². The van der Waals surface area contributed by atoms with Crippen molar-refractivity contribution in [3.05, 3.63) is 88.1 Å². The average Bonchev–Trinajstić information content (AvgIpc) is 3.19. The molecule has 0 atom stereocenters. The number of nitrogens with zero attached hydrogens (tertiary/aromatic N) is 1. The van der Waals surface area contributed by atoms with Crippen molar-refractivity contribution >= 4 is 48.7 Å². The lowest BCUT2D eigenvalue weighted by molar-refractivity contribution is 0.102. The molecule has 1 N–H and O–H groups in total. The molecule has 32 heavy (non-hydrogen) atoms. The minimum absolute atomic E-state index is 0.131. The predicted octanol–water partition coefficient (Wildman–Crippen LogP) is 6.03. The van der Waals surface area contributed by atoms with E-state index in [0.29, 0.717) is 27.4 Å². The van der Waals surface area contributed by atoms with E-state index in [1.807, 2.05) is 6.07 Å². The number of sulfone groups is 1. The van der Waals surface area contributed by atoms with Gasteiger partial charge in [0.15, 0.2) is 14.8 Å². The zero-order chi connectivity index (χ0) is 22.9. The third-order valence-corrected chi connectivity index (χ3v) is 7.29. The van der Waals surface area contributed by atoms with Crippen molar-refractivity contribution in [2.45, 2.75) is 4.90 Å². The first-order valence-electron chi connectivity index (χ1n) is 9.35. The van der Waals surface area contributed by atoms with Gasteiger partial charge in [0.1, 0.15) is 5.82 Å². The number of rotatable bonds is 5. The highest BCUT2D eigenvalue weighted by molar-refractivity contribution is 9.10. The summed E-state index contributed by atoms with van der Waals surface area (Å²) >= 11 is 4.45. The van der Waals surface area contributed by atoms with Crippen LogP contribution in [-0.4, -0.2) is 25.6 Å². The maximum atomic E-state index is 13.5. The van der Waals surface area contributed by atoms with Crippen LogP contribution in [0, 0.1) is 5.82 Å². The molecule has 4 rings (SSSR count). The first kappa shape index (κ1) is 22.3. The number of hydrogen-bond acceptors (Lipinski definition) is 5. The minimum atomic E-state index is -3.54. The number of carbonyl (C=O) groups is 1. The monoisotopic (exact) mass is 530 g/mol. The summed E-state index contributed by atoms with van der Waals surface area (Å²) in [6, 6.07) is 19.4. The fourth-order valence-electron chi connectivity index (χ4n) is 3.13. The first-order valence-corrected chi connectivity index (χ1v) is 12.9. The number of anilines is 1. The van der Waals surface area contributed by atoms with Crippen LogP contribution in [-0.2, 0) is 9.84 Å². The number of thiazole rings is 1. The summed E-state index contributed by atoms with van der Waals surface area (Å²) in [5.74, 6) is -0.839. The Balaban J connectivity index is 1.85. The number of benzene rings is 3. The van der Waals surface area contributed by atoms with Gasteiger partial charge >= 0.3 is 0 Å². The van der Waals surface area contributed by atoms with Gasteiger partial charge in [-0.3, -0.25) is 4.79 Å². The van der Waals surface area contributed by atoms with Gasteiger partial charge in [-0.1, -0.05) is 40.2 Å². The lowest BCUT2D eigenvalue weighted by Crippen LogP contribution is -2.11. The molecular formula is C23H16BrFN2O3S2. The molecular weight excluding hydrogens is 515 g/mol. The van der Waals surface area contributed by atoms with Crippen molar-refractivity contribution in [3.8, 4) is 21.7 Å². The molecule has 0 radical (unpaired) electrons. The highest BCUT2D eigenvalue weighted by Crippen LogP contribution is 2.40. The number of carbonyl (C=O) groups excluding carboxylic acids is 1. The van der Waals surface area contributed by atoms with Gasteiger partial charge in [-0.2, -0.15) is 0 Å². The van der Waals surface area contributed by atoms with Crippen molar-refractivity contribution < 1.29 is 17.6 Å². The number of aromatic nitrogens is 1. The summed E-state index contributed by atoms with van der Waals surface area (Å²) in [5, 5.41) is 2.95. The molecule has 1 heterocycles. The van der Waals surface area contributed by atoms with Gasteiger partial charge < -0.3 is 5.32 Å². The molecule has 1 aromatic heterocycles. The molecule has 4 aromatic rings. The Morgan fingerprint density at radius 1 is 1.03 bits per heavy atom. The van der Waals surface area contributed by atoms with Crippen LogP contribution in [0.1, 0.15) is 9.80 Å². The van der Waals surface area contributed by atoms with E-state index in [1.165, 1.54) is 18.2 Å². The van der Waals surface area contributed by atoms with Crippen LogP contribution in [0.4, 0.5) is 10.1 Å². The Morgan fingerprint density at radius 3 is 2.44 bits per heavy atom. The molecule has 3 aromatic carbocycles. The van der Waals surface area contributed by atoms with E-state index in [-0.39, 0.29) is 9.90 Å². The second kappa shape index (κ2) is 8.93. The topological polar surface area (TPSA) is 76.1 Å². The second-order valence-corrected chi connectivity index (χ2v) is 10.8. The average molecular weight is 531 g/mol. The van der Waals surface area contributed by atoms with E-state index in [2.05, 4.69) is 26.2 Å². The van der Waals surface area contributed by atoms with Gasteiger partial charge in [0, 0.05) is 27.5 Å². The van der Waals surface area contributed by atoms with Crippen molar-refractivity contribution in [1.29, 1.82) is 0 Å². The highest BCUT2D eigenvalue weighted by atomic mass is 79.9. The third kappa shape index (κ3) is 4.79. The molecule has 9 heteroatoms. The summed E-state index contributed by atoms with van der Waals surface area (Å²) < 4.78 is 39.1. The van der Waals surface area contributed by atoms with E-state index < -0.39 is 21.6 Å². The highest BCUT2D eigenvalue weighted by Gasteiger charge is 2.23. The fourth-order valence-corrected chi connectivity index (χ4v) is 5.51. The first-order chi connectivity index (χ1) is 15.2. The SMILES string of the molecule is CS(=O)(=O)c1ccccc1-c1sc(C(=O)Nc2cccc(Br)c2)nc1-c1ccc(F)cc1. The van der Waals surface area contributed by atoms with E-state index in [9.17, 15) is 17.6 Å². The summed E-state index contributed by atoms with van der Waals surface area (Å²) in [4.78, 5) is 18.1. The smallest absolute Gasteiger partial charge is 0.284 e. The quantitative estimate of drug-likeness (QED) is 0.341. The maximum absolute atomic E-state index is 13.5. The van der Waals surface area contributed by atoms with Crippen LogP contribution in [0.3, 0.4) is 0 Å². The Labute approximate surface area is 197 Å². The molecule has 0 spiro atoms. The maximum Gasteiger partial charge on any atom is 0.284 e. The van der Waals surface area contributed by atoms with Gasteiger partial charge in [-0.15, -0.1) is 11.3 Å². The lowest BCUT2D eigenvalue weighted by atomic mass is 10.1. The number of halogens is 2. The summed E-state index contributed by atoms with van der Waals surface area (Å²) in [5.41, 5.74) is 2.00. The Bertz CT molecular complexity index is 1420. The van der Waals surface area contributed by atoms with Crippen LogP contribution >= 0.6 is 27.3 Å². The molecule has 5 nitrogen and oxygen atoms in total. The van der Waals surface area contributed by atoms with E-state index in [1.54, 1.807) is 48.5 Å². The number of amides is 1. The molecule has 162 valence electrons. The zero-order valence-electron chi connectivity index (χ0n) is 16.7. The molecule has 0 unspecified atom stereocenters. The van der Waals surface area contributed by atoms with E-state index >= 15 is 0 Å². The van der Waals surface area contributed by atoms with Crippen LogP contribution in [0.25, 0.3) is 21.7 Å². The molecule has 0 aliphatic carbocycles. The summed E-state index contributed by atoms with van der Waals surface area (Å²) in [6.07, 6.45) is 1.13. The normalized spacial score (nSPS) is 11.3. The lowest BCUT2D eigenvalue weighted by Gasteiger charge is -2.08. The minimum Gasteiger partial charge on any atom is -0.320 e. The van der Waals surface area contributed by atoms with Gasteiger partial charge in [-0.05, 0) is 48.5 Å². The molecule has 0 fully saturated rings. The Kier molecular flexibility index (Phi) is 6.23. The van der Waals surface area contributed by atoms with E-state index in [4.69, 9.17) is 0 Å². The number of nitrogens with one attached hydrogen (secondary N) is 1. The largest absolute Gasteiger partial charge is 0.320 e. The van der Waals surface area contributed by atoms with Gasteiger partial charge in [0.2, 0.25) is 0 Å². The van der Waals surface area contributed by atoms with Gasteiger partial charge in [-0.25, -0.2) is 17.8 Å². The summed E-state index contributed by atoms with van der Waals surface area (Å²) in [6.45, 7) is 0. The van der Waals surface area contributed by atoms with E-state index in [0.717, 1.165) is 22.1 Å². The predicted molar refractivity (Wildman–Crippen MR) is 128 cm³/mol. The summed E-state index contributed by atoms with van der Waals surface area (Å²) in [7, 11) is -3.54. The third-order valence-electron chi connectivity index (χ3n) is 4.55. The molecule has 0 saturated carbocycles. The van der Waals surface area contributed by atoms with Gasteiger partial charge in [0.25, 0.3) is 5.91 Å². The Hall–Kier alpha value is -2.88. The van der Waals surface area contributed by atoms with Crippen LogP contribution in [0.2, 0.25) is 0 Å². The molecule has 0 aliphatic heterocycles. The second-order valence-electron chi connectivity index (χ2n) is 6.94. The molecule has 0 aliphatic rings. The number of hydrogen-bond donors (Lipinski definition) is 1. The molecule has 0 saturated heterocycles. The van der Waals surface area contributed by atoms with Crippen molar-refractivity contribution in [2.24, 2.45) is 0 Å². The standard InChI is InChI=1S/C23H16BrFN2O3S2/c1-32(29,30)19-8-3-2-7-18(19)21-20(14-9-11-16(25)12-10-14)27-23(31-21)22(28)26-17-6-4-5-15(24)13-17/h2-13H,1H3,(H,26,28). The Morgan fingerprint density at radius 2 is 1.75 bits per heavy atom. The fraction of sp³-hybridized carbons (Fsp3) is 0.0435. The van der Waals surface area contributed by atoms with Crippen LogP contribution < -0.4 is 5.32 Å². The van der Waals surface area contributed by atoms with Crippen molar-refractivity contribution in [3.63, 3.8) is 0 Å². The van der Waals surface area contributed by atoms with Crippen LogP contribution in [0.5, 0.6) is 0 Å². The molecule has 1 amide bonds. The zero-order valence-corrected chi connectivity index (χ0v) is 19.9.